The molecule has 0 aliphatic rings. The van der Waals surface area contributed by atoms with Crippen molar-refractivity contribution < 1.29 is 13.5 Å². The van der Waals surface area contributed by atoms with Crippen LogP contribution in [-0.4, -0.2) is 30.3 Å². The highest BCUT2D eigenvalue weighted by Crippen LogP contribution is 2.24. The number of anilines is 1. The van der Waals surface area contributed by atoms with Gasteiger partial charge in [0.05, 0.1) is 5.02 Å². The summed E-state index contributed by atoms with van der Waals surface area (Å²) >= 11 is 5.97. The van der Waals surface area contributed by atoms with Crippen molar-refractivity contribution in [2.24, 2.45) is 0 Å². The van der Waals surface area contributed by atoms with Crippen LogP contribution in [0.4, 0.5) is 5.82 Å². The molecule has 0 atom stereocenters. The molecule has 2 N–H and O–H groups in total. The molecular formula is C13H10ClN3O3S. The van der Waals surface area contributed by atoms with Crippen LogP contribution < -0.4 is 4.72 Å². The molecule has 0 fully saturated rings. The first-order chi connectivity index (χ1) is 10.0. The number of aromatic nitrogens is 2. The first-order valence-electron chi connectivity index (χ1n) is 5.73. The fraction of sp³-hybridized carbons (Fsp3) is 0.0769. The number of aliphatic hydroxyl groups excluding tert-OH is 1. The van der Waals surface area contributed by atoms with E-state index in [1.54, 1.807) is 6.07 Å². The maximum Gasteiger partial charge on any atom is 0.264 e. The molecule has 1 aromatic heterocycles. The Hall–Kier alpha value is -2.14. The van der Waals surface area contributed by atoms with Crippen LogP contribution in [0.5, 0.6) is 0 Å². The summed E-state index contributed by atoms with van der Waals surface area (Å²) in [4.78, 5) is -0.0932. The summed E-state index contributed by atoms with van der Waals surface area (Å²) in [6.45, 7) is -0.286. The molecule has 0 amide bonds. The van der Waals surface area contributed by atoms with E-state index in [1.807, 2.05) is 0 Å². The van der Waals surface area contributed by atoms with Gasteiger partial charge in [-0.15, -0.1) is 5.10 Å². The van der Waals surface area contributed by atoms with Crippen molar-refractivity contribution in [1.29, 1.82) is 0 Å². The first-order valence-corrected chi connectivity index (χ1v) is 7.59. The van der Waals surface area contributed by atoms with Crippen LogP contribution in [0.15, 0.2) is 41.4 Å². The Bertz CT molecular complexity index is 798. The zero-order chi connectivity index (χ0) is 15.3. The third kappa shape index (κ3) is 3.92. The van der Waals surface area contributed by atoms with Crippen LogP contribution in [0.1, 0.15) is 5.56 Å². The molecule has 0 saturated carbocycles. The van der Waals surface area contributed by atoms with Gasteiger partial charge in [-0.1, -0.05) is 23.4 Å². The third-order valence-electron chi connectivity index (χ3n) is 2.34. The van der Waals surface area contributed by atoms with Crippen molar-refractivity contribution in [3.8, 4) is 11.8 Å². The number of sulfonamides is 1. The number of hydrogen-bond donors (Lipinski definition) is 2. The quantitative estimate of drug-likeness (QED) is 0.830. The normalized spacial score (nSPS) is 10.6. The van der Waals surface area contributed by atoms with Crippen LogP contribution in [0.2, 0.25) is 5.02 Å². The molecule has 8 heteroatoms. The van der Waals surface area contributed by atoms with Crippen LogP contribution >= 0.6 is 11.6 Å². The van der Waals surface area contributed by atoms with E-state index in [0.29, 0.717) is 5.56 Å². The Morgan fingerprint density at radius 2 is 2.14 bits per heavy atom. The summed E-state index contributed by atoms with van der Waals surface area (Å²) in [6, 6.07) is 7.28. The first kappa shape index (κ1) is 15.3. The van der Waals surface area contributed by atoms with E-state index in [2.05, 4.69) is 26.8 Å². The number of rotatable bonds is 3. The maximum atomic E-state index is 12.2. The fourth-order valence-electron chi connectivity index (χ4n) is 1.49. The summed E-state index contributed by atoms with van der Waals surface area (Å²) in [7, 11) is -3.86. The molecule has 6 nitrogen and oxygen atoms in total. The second-order valence-corrected chi connectivity index (χ2v) is 5.88. The van der Waals surface area contributed by atoms with Gasteiger partial charge in [0.25, 0.3) is 10.0 Å². The number of halogens is 1. The predicted octanol–water partition coefficient (Wildman–Crippen LogP) is 1.27. The molecule has 108 valence electrons. The van der Waals surface area contributed by atoms with E-state index < -0.39 is 10.0 Å². The lowest BCUT2D eigenvalue weighted by atomic mass is 10.2. The number of benzene rings is 1. The van der Waals surface area contributed by atoms with Crippen molar-refractivity contribution in [1.82, 2.24) is 10.2 Å². The summed E-state index contributed by atoms with van der Waals surface area (Å²) < 4.78 is 26.7. The third-order valence-corrected chi connectivity index (χ3v) is 4.18. The van der Waals surface area contributed by atoms with Crippen molar-refractivity contribution >= 4 is 27.4 Å². The standard InChI is InChI=1S/C13H10ClN3O3S/c14-11-9-10(3-2-8-18)5-6-12(11)21(19,20)17-13-4-1-7-15-16-13/h1,4-7,9,18H,8H2,(H,16,17). The predicted molar refractivity (Wildman–Crippen MR) is 78.3 cm³/mol. The van der Waals surface area contributed by atoms with Gasteiger partial charge in [-0.25, -0.2) is 8.42 Å². The molecule has 21 heavy (non-hydrogen) atoms. The lowest BCUT2D eigenvalue weighted by molar-refractivity contribution is 0.350. The SMILES string of the molecule is O=S(=O)(Nc1cccnn1)c1ccc(C#CCO)cc1Cl. The van der Waals surface area contributed by atoms with Gasteiger partial charge in [-0.05, 0) is 30.3 Å². The van der Waals surface area contributed by atoms with E-state index in [0.717, 1.165) is 0 Å². The zero-order valence-electron chi connectivity index (χ0n) is 10.6. The maximum absolute atomic E-state index is 12.2. The van der Waals surface area contributed by atoms with Crippen LogP contribution in [-0.2, 0) is 10.0 Å². The monoisotopic (exact) mass is 323 g/mol. The Morgan fingerprint density at radius 1 is 1.33 bits per heavy atom. The molecule has 1 aromatic carbocycles. The second-order valence-electron chi connectivity index (χ2n) is 3.82. The number of nitrogens with zero attached hydrogens (tertiary/aromatic N) is 2. The van der Waals surface area contributed by atoms with Crippen molar-refractivity contribution in [2.75, 3.05) is 11.3 Å². The highest BCUT2D eigenvalue weighted by molar-refractivity contribution is 7.92. The van der Waals surface area contributed by atoms with Crippen LogP contribution in [0, 0.1) is 11.8 Å². The molecule has 0 unspecified atom stereocenters. The largest absolute Gasteiger partial charge is 0.384 e. The topological polar surface area (TPSA) is 92.2 Å². The molecule has 2 aromatic rings. The van der Waals surface area contributed by atoms with Gasteiger partial charge in [0.1, 0.15) is 11.5 Å². The van der Waals surface area contributed by atoms with E-state index in [1.165, 1.54) is 30.5 Å². The van der Waals surface area contributed by atoms with Crippen molar-refractivity contribution in [2.45, 2.75) is 4.90 Å². The van der Waals surface area contributed by atoms with E-state index in [9.17, 15) is 8.42 Å². The molecule has 0 saturated heterocycles. The Labute approximate surface area is 126 Å². The average Bonchev–Trinajstić information content (AvgIpc) is 2.45. The Morgan fingerprint density at radius 3 is 2.76 bits per heavy atom. The number of aliphatic hydroxyl groups is 1. The van der Waals surface area contributed by atoms with Crippen LogP contribution in [0.25, 0.3) is 0 Å². The Kier molecular flexibility index (Phi) is 4.75. The summed E-state index contributed by atoms with van der Waals surface area (Å²) in [5, 5.41) is 15.9. The summed E-state index contributed by atoms with van der Waals surface area (Å²) in [5.41, 5.74) is 0.507. The van der Waals surface area contributed by atoms with E-state index in [-0.39, 0.29) is 22.3 Å². The molecular weight excluding hydrogens is 314 g/mol. The number of hydrogen-bond acceptors (Lipinski definition) is 5. The molecule has 2 rings (SSSR count). The van der Waals surface area contributed by atoms with Gasteiger partial charge in [-0.3, -0.25) is 4.72 Å². The minimum absolute atomic E-state index is 0.0242. The van der Waals surface area contributed by atoms with Gasteiger partial charge in [0.2, 0.25) is 0 Å². The average molecular weight is 324 g/mol. The highest BCUT2D eigenvalue weighted by Gasteiger charge is 2.18. The van der Waals surface area contributed by atoms with Crippen LogP contribution in [0.3, 0.4) is 0 Å². The molecule has 0 spiro atoms. The molecule has 1 heterocycles. The van der Waals surface area contributed by atoms with Gasteiger partial charge in [-0.2, -0.15) is 5.10 Å². The summed E-state index contributed by atoms with van der Waals surface area (Å²) in [5.74, 6) is 5.19. The summed E-state index contributed by atoms with van der Waals surface area (Å²) in [6.07, 6.45) is 1.43. The minimum Gasteiger partial charge on any atom is -0.384 e. The Balaban J connectivity index is 2.32. The van der Waals surface area contributed by atoms with Crippen molar-refractivity contribution in [3.05, 3.63) is 47.1 Å². The molecule has 0 aliphatic carbocycles. The molecule has 0 bridgehead atoms. The fourth-order valence-corrected chi connectivity index (χ4v) is 3.03. The van der Waals surface area contributed by atoms with Gasteiger partial charge < -0.3 is 5.11 Å². The smallest absolute Gasteiger partial charge is 0.264 e. The highest BCUT2D eigenvalue weighted by atomic mass is 35.5. The van der Waals surface area contributed by atoms with E-state index >= 15 is 0 Å². The molecule has 0 aliphatic heterocycles. The lowest BCUT2D eigenvalue weighted by Crippen LogP contribution is -2.14. The van der Waals surface area contributed by atoms with E-state index in [4.69, 9.17) is 16.7 Å². The number of nitrogens with one attached hydrogen (secondary N) is 1. The van der Waals surface area contributed by atoms with Gasteiger partial charge in [0.15, 0.2) is 5.82 Å². The van der Waals surface area contributed by atoms with Gasteiger partial charge >= 0.3 is 0 Å². The second kappa shape index (κ2) is 6.54. The lowest BCUT2D eigenvalue weighted by Gasteiger charge is -2.08. The minimum atomic E-state index is -3.86. The zero-order valence-corrected chi connectivity index (χ0v) is 12.2. The molecule has 0 radical (unpaired) electrons. The van der Waals surface area contributed by atoms with Gasteiger partial charge in [0, 0.05) is 11.8 Å². The van der Waals surface area contributed by atoms with Crippen molar-refractivity contribution in [3.63, 3.8) is 0 Å².